The smallest absolute Gasteiger partial charge is 0.269 e. The summed E-state index contributed by atoms with van der Waals surface area (Å²) in [5.41, 5.74) is 13.0. The summed E-state index contributed by atoms with van der Waals surface area (Å²) in [6.07, 6.45) is 0. The van der Waals surface area contributed by atoms with Crippen molar-refractivity contribution in [1.82, 2.24) is 4.57 Å². The van der Waals surface area contributed by atoms with E-state index >= 15 is 0 Å². The van der Waals surface area contributed by atoms with Gasteiger partial charge in [0.2, 0.25) is 0 Å². The third kappa shape index (κ3) is 1.96. The SMILES string of the molecule is NC(=O)c1c(N)n(-c2ccc([N+](=O)[O-])cc2)c2ccccc12. The molecule has 0 fully saturated rings. The number of para-hydroxylation sites is 1. The van der Waals surface area contributed by atoms with Crippen molar-refractivity contribution >= 4 is 28.3 Å². The van der Waals surface area contributed by atoms with Crippen molar-refractivity contribution in [2.24, 2.45) is 5.73 Å². The minimum atomic E-state index is -0.616. The number of carbonyl (C=O) groups excluding carboxylic acids is 1. The Balaban J connectivity index is 2.29. The number of nitro groups is 1. The van der Waals surface area contributed by atoms with Crippen LogP contribution in [0.25, 0.3) is 16.6 Å². The van der Waals surface area contributed by atoms with Crippen molar-refractivity contribution in [3.8, 4) is 5.69 Å². The van der Waals surface area contributed by atoms with Crippen LogP contribution < -0.4 is 11.5 Å². The molecule has 4 N–H and O–H groups in total. The third-order valence-electron chi connectivity index (χ3n) is 3.48. The Morgan fingerprint density at radius 1 is 1.09 bits per heavy atom. The van der Waals surface area contributed by atoms with Gasteiger partial charge >= 0.3 is 0 Å². The van der Waals surface area contributed by atoms with Gasteiger partial charge in [-0.1, -0.05) is 18.2 Å². The van der Waals surface area contributed by atoms with Gasteiger partial charge in [0.15, 0.2) is 0 Å². The van der Waals surface area contributed by atoms with Gasteiger partial charge in [0.25, 0.3) is 11.6 Å². The van der Waals surface area contributed by atoms with Crippen LogP contribution in [0.1, 0.15) is 10.4 Å². The standard InChI is InChI=1S/C15H12N4O3/c16-14-13(15(17)20)11-3-1-2-4-12(11)18(14)9-5-7-10(8-6-9)19(21)22/h1-8H,16H2,(H2,17,20). The van der Waals surface area contributed by atoms with E-state index in [2.05, 4.69) is 0 Å². The van der Waals surface area contributed by atoms with Crippen molar-refractivity contribution < 1.29 is 9.72 Å². The zero-order valence-electron chi connectivity index (χ0n) is 11.4. The number of nitro benzene ring substituents is 1. The largest absolute Gasteiger partial charge is 0.384 e. The monoisotopic (exact) mass is 296 g/mol. The Bertz CT molecular complexity index is 897. The molecule has 0 bridgehead atoms. The van der Waals surface area contributed by atoms with Crippen LogP contribution >= 0.6 is 0 Å². The van der Waals surface area contributed by atoms with Gasteiger partial charge in [-0.25, -0.2) is 0 Å². The average Bonchev–Trinajstić information content (AvgIpc) is 2.79. The molecule has 7 nitrogen and oxygen atoms in total. The number of fused-ring (bicyclic) bond motifs is 1. The van der Waals surface area contributed by atoms with Crippen LogP contribution in [0.3, 0.4) is 0 Å². The molecular formula is C15H12N4O3. The Labute approximate surface area is 124 Å². The lowest BCUT2D eigenvalue weighted by molar-refractivity contribution is -0.384. The molecule has 0 atom stereocenters. The van der Waals surface area contributed by atoms with E-state index in [0.717, 1.165) is 0 Å². The summed E-state index contributed by atoms with van der Waals surface area (Å²) in [5, 5.41) is 11.4. The molecule has 0 aliphatic rings. The summed E-state index contributed by atoms with van der Waals surface area (Å²) in [5.74, 6) is -0.406. The lowest BCUT2D eigenvalue weighted by Gasteiger charge is -2.07. The second-order valence-corrected chi connectivity index (χ2v) is 4.75. The first-order valence-electron chi connectivity index (χ1n) is 6.44. The zero-order chi connectivity index (χ0) is 15.9. The molecule has 3 rings (SSSR count). The van der Waals surface area contributed by atoms with Gasteiger partial charge in [0.05, 0.1) is 16.0 Å². The Morgan fingerprint density at radius 3 is 2.32 bits per heavy atom. The minimum Gasteiger partial charge on any atom is -0.384 e. The summed E-state index contributed by atoms with van der Waals surface area (Å²) in [6, 6.07) is 13.1. The van der Waals surface area contributed by atoms with Gasteiger partial charge in [-0.15, -0.1) is 0 Å². The number of aromatic nitrogens is 1. The fourth-order valence-corrected chi connectivity index (χ4v) is 2.52. The van der Waals surface area contributed by atoms with E-state index in [4.69, 9.17) is 11.5 Å². The van der Waals surface area contributed by atoms with Gasteiger partial charge in [-0.05, 0) is 18.2 Å². The van der Waals surface area contributed by atoms with Crippen LogP contribution in [0, 0.1) is 10.1 Å². The fraction of sp³-hybridized carbons (Fsp3) is 0. The average molecular weight is 296 g/mol. The first kappa shape index (κ1) is 13.6. The number of anilines is 1. The number of non-ortho nitro benzene ring substituents is 1. The number of hydrogen-bond acceptors (Lipinski definition) is 4. The van der Waals surface area contributed by atoms with Crippen molar-refractivity contribution in [1.29, 1.82) is 0 Å². The summed E-state index contributed by atoms with van der Waals surface area (Å²) in [7, 11) is 0. The first-order chi connectivity index (χ1) is 10.5. The van der Waals surface area contributed by atoms with E-state index in [9.17, 15) is 14.9 Å². The van der Waals surface area contributed by atoms with Crippen molar-refractivity contribution in [3.05, 3.63) is 64.2 Å². The van der Waals surface area contributed by atoms with Gasteiger partial charge in [0.1, 0.15) is 5.82 Å². The molecule has 22 heavy (non-hydrogen) atoms. The molecular weight excluding hydrogens is 284 g/mol. The molecule has 0 saturated heterocycles. The van der Waals surface area contributed by atoms with E-state index in [1.165, 1.54) is 12.1 Å². The Hall–Kier alpha value is -3.35. The van der Waals surface area contributed by atoms with E-state index < -0.39 is 10.8 Å². The van der Waals surface area contributed by atoms with Crippen LogP contribution in [0.5, 0.6) is 0 Å². The highest BCUT2D eigenvalue weighted by Crippen LogP contribution is 2.31. The molecule has 0 unspecified atom stereocenters. The highest BCUT2D eigenvalue weighted by molar-refractivity contribution is 6.11. The predicted octanol–water partition coefficient (Wildman–Crippen LogP) is 2.22. The van der Waals surface area contributed by atoms with Crippen LogP contribution in [-0.4, -0.2) is 15.4 Å². The molecule has 0 saturated carbocycles. The second kappa shape index (κ2) is 4.88. The minimum absolute atomic E-state index is 0.0195. The molecule has 0 radical (unpaired) electrons. The van der Waals surface area contributed by atoms with Crippen LogP contribution in [-0.2, 0) is 0 Å². The van der Waals surface area contributed by atoms with Crippen LogP contribution in [0.15, 0.2) is 48.5 Å². The highest BCUT2D eigenvalue weighted by atomic mass is 16.6. The van der Waals surface area contributed by atoms with Crippen molar-refractivity contribution in [3.63, 3.8) is 0 Å². The second-order valence-electron chi connectivity index (χ2n) is 4.75. The molecule has 2 aromatic carbocycles. The summed E-state index contributed by atoms with van der Waals surface area (Å²) in [4.78, 5) is 21.9. The topological polar surface area (TPSA) is 117 Å². The lowest BCUT2D eigenvalue weighted by atomic mass is 10.1. The number of amides is 1. The number of carbonyl (C=O) groups is 1. The molecule has 1 amide bonds. The number of benzene rings is 2. The Morgan fingerprint density at radius 2 is 1.73 bits per heavy atom. The molecule has 3 aromatic rings. The summed E-state index contributed by atoms with van der Waals surface area (Å²) in [6.45, 7) is 0. The molecule has 0 spiro atoms. The third-order valence-corrected chi connectivity index (χ3v) is 3.48. The zero-order valence-corrected chi connectivity index (χ0v) is 11.4. The molecule has 7 heteroatoms. The number of rotatable bonds is 3. The molecule has 0 aliphatic heterocycles. The van der Waals surface area contributed by atoms with Crippen LogP contribution in [0.4, 0.5) is 11.5 Å². The quantitative estimate of drug-likeness (QED) is 0.569. The molecule has 0 aliphatic carbocycles. The van der Waals surface area contributed by atoms with Gasteiger partial charge < -0.3 is 11.5 Å². The number of nitrogens with two attached hydrogens (primary N) is 2. The predicted molar refractivity (Wildman–Crippen MR) is 82.9 cm³/mol. The van der Waals surface area contributed by atoms with Crippen molar-refractivity contribution in [2.75, 3.05) is 5.73 Å². The van der Waals surface area contributed by atoms with E-state index in [1.54, 1.807) is 34.9 Å². The maximum atomic E-state index is 11.7. The molecule has 1 heterocycles. The van der Waals surface area contributed by atoms with E-state index in [-0.39, 0.29) is 17.1 Å². The lowest BCUT2D eigenvalue weighted by Crippen LogP contribution is -2.13. The van der Waals surface area contributed by atoms with Gasteiger partial charge in [-0.2, -0.15) is 0 Å². The molecule has 110 valence electrons. The van der Waals surface area contributed by atoms with Crippen molar-refractivity contribution in [2.45, 2.75) is 0 Å². The number of hydrogen-bond donors (Lipinski definition) is 2. The fourth-order valence-electron chi connectivity index (χ4n) is 2.52. The summed E-state index contributed by atoms with van der Waals surface area (Å²) >= 11 is 0. The van der Waals surface area contributed by atoms with E-state index in [0.29, 0.717) is 16.6 Å². The highest BCUT2D eigenvalue weighted by Gasteiger charge is 2.19. The maximum absolute atomic E-state index is 11.7. The molecule has 1 aromatic heterocycles. The number of nitrogen functional groups attached to an aromatic ring is 1. The summed E-state index contributed by atoms with van der Waals surface area (Å²) < 4.78 is 1.65. The normalized spacial score (nSPS) is 10.7. The number of primary amides is 1. The van der Waals surface area contributed by atoms with Gasteiger partial charge in [-0.3, -0.25) is 19.5 Å². The van der Waals surface area contributed by atoms with Gasteiger partial charge in [0, 0.05) is 23.2 Å². The first-order valence-corrected chi connectivity index (χ1v) is 6.44. The van der Waals surface area contributed by atoms with Crippen LogP contribution in [0.2, 0.25) is 0 Å². The number of nitrogens with zero attached hydrogens (tertiary/aromatic N) is 2. The van der Waals surface area contributed by atoms with E-state index in [1.807, 2.05) is 6.07 Å². The Kier molecular flexibility index (Phi) is 3.03. The maximum Gasteiger partial charge on any atom is 0.269 e.